The number of para-hydroxylation sites is 1. The van der Waals surface area contributed by atoms with Crippen molar-refractivity contribution >= 4 is 28.4 Å². The number of carbonyl (C=O) groups is 1. The first-order valence-corrected chi connectivity index (χ1v) is 7.58. The van der Waals surface area contributed by atoms with Crippen molar-refractivity contribution in [3.05, 3.63) is 34.5 Å². The van der Waals surface area contributed by atoms with E-state index < -0.39 is 0 Å². The highest BCUT2D eigenvalue weighted by atomic mass is 35.5. The maximum absolute atomic E-state index is 11.8. The lowest BCUT2D eigenvalue weighted by Crippen LogP contribution is -2.16. The van der Waals surface area contributed by atoms with Crippen molar-refractivity contribution < 1.29 is 4.79 Å². The van der Waals surface area contributed by atoms with Gasteiger partial charge in [-0.1, -0.05) is 43.0 Å². The molecule has 1 aromatic heterocycles. The highest BCUT2D eigenvalue weighted by Crippen LogP contribution is 2.38. The molecule has 1 saturated carbocycles. The number of aromatic nitrogens is 1. The minimum absolute atomic E-state index is 0.371. The van der Waals surface area contributed by atoms with Gasteiger partial charge in [0, 0.05) is 17.1 Å². The van der Waals surface area contributed by atoms with Crippen molar-refractivity contribution in [2.75, 3.05) is 0 Å². The van der Waals surface area contributed by atoms with E-state index in [4.69, 9.17) is 17.3 Å². The summed E-state index contributed by atoms with van der Waals surface area (Å²) < 4.78 is 2.25. The number of hydrogen-bond acceptors (Lipinski definition) is 1. The van der Waals surface area contributed by atoms with Gasteiger partial charge in [0.2, 0.25) is 0 Å². The second-order valence-electron chi connectivity index (χ2n) is 5.62. The van der Waals surface area contributed by atoms with E-state index in [0.717, 1.165) is 29.4 Å². The molecule has 1 heterocycles. The number of halogens is 1. The summed E-state index contributed by atoms with van der Waals surface area (Å²) in [6.07, 6.45) is 6.06. The maximum Gasteiger partial charge on any atom is 0.251 e. The summed E-state index contributed by atoms with van der Waals surface area (Å²) in [4.78, 5) is 11.8. The average Bonchev–Trinajstić information content (AvgIpc) is 2.73. The number of rotatable bonds is 2. The van der Waals surface area contributed by atoms with Crippen LogP contribution in [0.15, 0.2) is 18.2 Å². The maximum atomic E-state index is 11.8. The molecule has 0 unspecified atom stereocenters. The third-order valence-corrected chi connectivity index (χ3v) is 4.71. The van der Waals surface area contributed by atoms with Crippen LogP contribution in [0.4, 0.5) is 0 Å². The van der Waals surface area contributed by atoms with E-state index in [-0.39, 0.29) is 5.91 Å². The fourth-order valence-electron chi connectivity index (χ4n) is 3.55. The van der Waals surface area contributed by atoms with Gasteiger partial charge in [-0.05, 0) is 25.8 Å². The monoisotopic (exact) mass is 290 g/mol. The summed E-state index contributed by atoms with van der Waals surface area (Å²) in [5, 5.41) is 1.58. The minimum Gasteiger partial charge on any atom is -0.366 e. The molecule has 0 saturated heterocycles. The Kier molecular flexibility index (Phi) is 3.47. The smallest absolute Gasteiger partial charge is 0.251 e. The predicted octanol–water partition coefficient (Wildman–Crippen LogP) is 4.21. The normalized spacial score (nSPS) is 16.7. The average molecular weight is 291 g/mol. The van der Waals surface area contributed by atoms with E-state index in [1.54, 1.807) is 0 Å². The van der Waals surface area contributed by atoms with E-state index in [1.807, 2.05) is 25.1 Å². The molecule has 0 radical (unpaired) electrons. The topological polar surface area (TPSA) is 48.0 Å². The quantitative estimate of drug-likeness (QED) is 0.885. The Morgan fingerprint density at radius 2 is 2.00 bits per heavy atom. The highest BCUT2D eigenvalue weighted by Gasteiger charge is 2.25. The molecule has 0 bridgehead atoms. The number of nitrogens with two attached hydrogens (primary N) is 1. The lowest BCUT2D eigenvalue weighted by molar-refractivity contribution is 0.100. The Balaban J connectivity index is 2.29. The van der Waals surface area contributed by atoms with Crippen LogP contribution in [-0.2, 0) is 0 Å². The molecule has 1 aliphatic carbocycles. The number of primary amides is 1. The van der Waals surface area contributed by atoms with Gasteiger partial charge in [0.25, 0.3) is 5.91 Å². The first-order valence-electron chi connectivity index (χ1n) is 7.20. The van der Waals surface area contributed by atoms with Crippen molar-refractivity contribution in [3.63, 3.8) is 0 Å². The molecule has 2 aromatic rings. The second kappa shape index (κ2) is 5.13. The lowest BCUT2D eigenvalue weighted by atomic mass is 9.95. The van der Waals surface area contributed by atoms with Crippen LogP contribution < -0.4 is 5.73 Å². The number of amides is 1. The fraction of sp³-hybridized carbons (Fsp3) is 0.438. The van der Waals surface area contributed by atoms with Crippen molar-refractivity contribution in [2.45, 2.75) is 45.1 Å². The van der Waals surface area contributed by atoms with Crippen LogP contribution in [0.3, 0.4) is 0 Å². The van der Waals surface area contributed by atoms with Crippen LogP contribution in [0.5, 0.6) is 0 Å². The van der Waals surface area contributed by atoms with Crippen LogP contribution in [0, 0.1) is 6.92 Å². The summed E-state index contributed by atoms with van der Waals surface area (Å²) in [5.74, 6) is -0.371. The van der Waals surface area contributed by atoms with E-state index in [0.29, 0.717) is 16.6 Å². The van der Waals surface area contributed by atoms with Gasteiger partial charge in [-0.2, -0.15) is 0 Å². The Bertz CT molecular complexity index is 669. The van der Waals surface area contributed by atoms with Crippen molar-refractivity contribution in [1.29, 1.82) is 0 Å². The SMILES string of the molecule is Cc1c(C(N)=O)c2cccc(Cl)c2n1C1CCCCC1. The van der Waals surface area contributed by atoms with Gasteiger partial charge >= 0.3 is 0 Å². The van der Waals surface area contributed by atoms with Gasteiger partial charge in [-0.15, -0.1) is 0 Å². The summed E-state index contributed by atoms with van der Waals surface area (Å²) in [7, 11) is 0. The zero-order valence-corrected chi connectivity index (χ0v) is 12.4. The van der Waals surface area contributed by atoms with Crippen LogP contribution in [0.25, 0.3) is 10.9 Å². The first-order chi connectivity index (χ1) is 9.61. The van der Waals surface area contributed by atoms with E-state index in [2.05, 4.69) is 4.57 Å². The molecule has 0 atom stereocenters. The highest BCUT2D eigenvalue weighted by molar-refractivity contribution is 6.35. The number of benzene rings is 1. The largest absolute Gasteiger partial charge is 0.366 e. The molecule has 1 aromatic carbocycles. The van der Waals surface area contributed by atoms with Crippen LogP contribution >= 0.6 is 11.6 Å². The van der Waals surface area contributed by atoms with Crippen molar-refractivity contribution in [3.8, 4) is 0 Å². The van der Waals surface area contributed by atoms with Gasteiger partial charge in [-0.25, -0.2) is 0 Å². The summed E-state index contributed by atoms with van der Waals surface area (Å²) >= 11 is 6.40. The number of nitrogens with zero attached hydrogens (tertiary/aromatic N) is 1. The lowest BCUT2D eigenvalue weighted by Gasteiger charge is -2.26. The molecule has 4 heteroatoms. The molecule has 1 aliphatic rings. The molecule has 1 fully saturated rings. The van der Waals surface area contributed by atoms with Crippen LogP contribution in [-0.4, -0.2) is 10.5 Å². The van der Waals surface area contributed by atoms with Crippen molar-refractivity contribution in [2.24, 2.45) is 5.73 Å². The van der Waals surface area contributed by atoms with Gasteiger partial charge < -0.3 is 10.3 Å². The minimum atomic E-state index is -0.371. The van der Waals surface area contributed by atoms with E-state index >= 15 is 0 Å². The first kappa shape index (κ1) is 13.5. The number of fused-ring (bicyclic) bond motifs is 1. The molecule has 3 nitrogen and oxygen atoms in total. The summed E-state index contributed by atoms with van der Waals surface area (Å²) in [6.45, 7) is 1.98. The number of hydrogen-bond donors (Lipinski definition) is 1. The zero-order valence-electron chi connectivity index (χ0n) is 11.7. The Labute approximate surface area is 123 Å². The van der Waals surface area contributed by atoms with Crippen molar-refractivity contribution in [1.82, 2.24) is 4.57 Å². The molecule has 20 heavy (non-hydrogen) atoms. The Morgan fingerprint density at radius 1 is 1.30 bits per heavy atom. The summed E-state index contributed by atoms with van der Waals surface area (Å²) in [6, 6.07) is 6.13. The third-order valence-electron chi connectivity index (χ3n) is 4.41. The van der Waals surface area contributed by atoms with Gasteiger partial charge in [0.1, 0.15) is 0 Å². The summed E-state index contributed by atoms with van der Waals surface area (Å²) in [5.41, 5.74) is 8.11. The van der Waals surface area contributed by atoms with Crippen LogP contribution in [0.2, 0.25) is 5.02 Å². The molecule has 106 valence electrons. The van der Waals surface area contributed by atoms with Gasteiger partial charge in [0.15, 0.2) is 0 Å². The molecule has 0 spiro atoms. The molecular formula is C16H19ClN2O. The van der Waals surface area contributed by atoms with E-state index in [9.17, 15) is 4.79 Å². The third kappa shape index (κ3) is 2.01. The molecule has 0 aliphatic heterocycles. The number of carbonyl (C=O) groups excluding carboxylic acids is 1. The Hall–Kier alpha value is -1.48. The van der Waals surface area contributed by atoms with E-state index in [1.165, 1.54) is 19.3 Å². The Morgan fingerprint density at radius 3 is 2.65 bits per heavy atom. The molecular weight excluding hydrogens is 272 g/mol. The van der Waals surface area contributed by atoms with Gasteiger partial charge in [-0.3, -0.25) is 4.79 Å². The zero-order chi connectivity index (χ0) is 14.3. The molecule has 1 amide bonds. The molecule has 3 rings (SSSR count). The fourth-order valence-corrected chi connectivity index (χ4v) is 3.82. The predicted molar refractivity (Wildman–Crippen MR) is 82.3 cm³/mol. The second-order valence-corrected chi connectivity index (χ2v) is 6.03. The standard InChI is InChI=1S/C16H19ClN2O/c1-10-14(16(18)20)12-8-5-9-13(17)15(12)19(10)11-6-3-2-4-7-11/h5,8-9,11H,2-4,6-7H2,1H3,(H2,18,20). The molecule has 2 N–H and O–H groups in total. The van der Waals surface area contributed by atoms with Gasteiger partial charge in [0.05, 0.1) is 16.1 Å². The van der Waals surface area contributed by atoms with Crippen LogP contribution in [0.1, 0.15) is 54.2 Å².